The zero-order valence-electron chi connectivity index (χ0n) is 15.0. The zero-order valence-corrected chi connectivity index (χ0v) is 15.0. The fourth-order valence-electron chi connectivity index (χ4n) is 3.09. The highest BCUT2D eigenvalue weighted by Crippen LogP contribution is 2.26. The monoisotopic (exact) mass is 372 g/mol. The van der Waals surface area contributed by atoms with Gasteiger partial charge >= 0.3 is 5.97 Å². The third-order valence-corrected chi connectivity index (χ3v) is 4.50. The van der Waals surface area contributed by atoms with Gasteiger partial charge in [0, 0.05) is 30.1 Å². The van der Waals surface area contributed by atoms with Crippen molar-refractivity contribution in [3.05, 3.63) is 42.5 Å². The number of benzene rings is 1. The first-order valence-corrected chi connectivity index (χ1v) is 8.71. The molecular weight excluding hydrogens is 348 g/mol. The normalized spacial score (nSPS) is 17.9. The number of rotatable bonds is 8. The lowest BCUT2D eigenvalue weighted by atomic mass is 9.92. The lowest BCUT2D eigenvalue weighted by Gasteiger charge is -2.32. The molecule has 1 heterocycles. The van der Waals surface area contributed by atoms with Crippen molar-refractivity contribution in [3.63, 3.8) is 0 Å². The van der Waals surface area contributed by atoms with Crippen LogP contribution in [-0.4, -0.2) is 41.3 Å². The molecule has 8 nitrogen and oxygen atoms in total. The van der Waals surface area contributed by atoms with Gasteiger partial charge in [-0.05, 0) is 37.1 Å². The minimum Gasteiger partial charge on any atom is -0.481 e. The second kappa shape index (κ2) is 8.98. The van der Waals surface area contributed by atoms with E-state index in [0.717, 1.165) is 6.42 Å². The van der Waals surface area contributed by atoms with Crippen LogP contribution in [-0.2, 0) is 14.4 Å². The summed E-state index contributed by atoms with van der Waals surface area (Å²) in [5.41, 5.74) is 6.72. The summed E-state index contributed by atoms with van der Waals surface area (Å²) in [5.74, 6) is -2.04. The number of nitrogens with one attached hydrogen (secondary N) is 2. The number of aliphatic carboxylic acids is 1. The first-order valence-electron chi connectivity index (χ1n) is 8.71. The predicted molar refractivity (Wildman–Crippen MR) is 102 cm³/mol. The number of carboxylic acid groups (broad SMARTS) is 1. The summed E-state index contributed by atoms with van der Waals surface area (Å²) in [5, 5.41) is 18.8. The van der Waals surface area contributed by atoms with E-state index >= 15 is 0 Å². The molecule has 1 aliphatic heterocycles. The molecule has 0 radical (unpaired) electrons. The number of amides is 2. The molecule has 0 aromatic heterocycles. The van der Waals surface area contributed by atoms with E-state index in [1.165, 1.54) is 6.08 Å². The molecule has 1 aliphatic rings. The van der Waals surface area contributed by atoms with Crippen LogP contribution in [0.5, 0.6) is 0 Å². The summed E-state index contributed by atoms with van der Waals surface area (Å²) in [6.07, 6.45) is 2.50. The smallest absolute Gasteiger partial charge is 0.305 e. The molecule has 0 saturated carbocycles. The summed E-state index contributed by atoms with van der Waals surface area (Å²) in [4.78, 5) is 37.4. The zero-order chi connectivity index (χ0) is 20.0. The Labute approximate surface area is 157 Å². The van der Waals surface area contributed by atoms with Crippen molar-refractivity contribution in [1.82, 2.24) is 5.32 Å². The molecule has 2 unspecified atom stereocenters. The standard InChI is InChI=1S/C19H24N4O4/c1-2-14(11-17(25)26)22-16(24)10-13-4-3-9-23(19(13)27)15-7-5-12(6-8-15)18(20)21/h2,5-8,13-14H,1,3-4,9-11H2,(H3,20,21)(H,22,24)(H,25,26). The topological polar surface area (TPSA) is 137 Å². The number of amidine groups is 1. The first kappa shape index (κ1) is 20.2. The Morgan fingerprint density at radius 2 is 2.07 bits per heavy atom. The summed E-state index contributed by atoms with van der Waals surface area (Å²) < 4.78 is 0. The van der Waals surface area contributed by atoms with Gasteiger partial charge in [-0.25, -0.2) is 0 Å². The lowest BCUT2D eigenvalue weighted by molar-refractivity contribution is -0.137. The van der Waals surface area contributed by atoms with Crippen LogP contribution in [0.4, 0.5) is 5.69 Å². The minimum atomic E-state index is -1.03. The minimum absolute atomic E-state index is 0.00478. The number of anilines is 1. The van der Waals surface area contributed by atoms with Gasteiger partial charge in [0.1, 0.15) is 5.84 Å². The molecule has 1 saturated heterocycles. The van der Waals surface area contributed by atoms with E-state index in [0.29, 0.717) is 24.2 Å². The Hall–Kier alpha value is -3.16. The van der Waals surface area contributed by atoms with E-state index in [2.05, 4.69) is 11.9 Å². The van der Waals surface area contributed by atoms with Crippen LogP contribution in [0.3, 0.4) is 0 Å². The maximum Gasteiger partial charge on any atom is 0.305 e. The van der Waals surface area contributed by atoms with Crippen LogP contribution < -0.4 is 16.0 Å². The van der Waals surface area contributed by atoms with Crippen LogP contribution in [0, 0.1) is 11.3 Å². The predicted octanol–water partition coefficient (Wildman–Crippen LogP) is 1.25. The maximum atomic E-state index is 12.8. The van der Waals surface area contributed by atoms with Crippen LogP contribution in [0.15, 0.2) is 36.9 Å². The van der Waals surface area contributed by atoms with Gasteiger partial charge in [0.15, 0.2) is 0 Å². The number of carbonyl (C=O) groups is 3. The Kier molecular flexibility index (Phi) is 6.70. The van der Waals surface area contributed by atoms with Gasteiger partial charge in [0.05, 0.1) is 12.5 Å². The first-order chi connectivity index (χ1) is 12.8. The second-order valence-corrected chi connectivity index (χ2v) is 6.50. The highest BCUT2D eigenvalue weighted by atomic mass is 16.4. The summed E-state index contributed by atoms with van der Waals surface area (Å²) in [6, 6.07) is 6.17. The van der Waals surface area contributed by atoms with Crippen molar-refractivity contribution >= 4 is 29.3 Å². The van der Waals surface area contributed by atoms with Crippen molar-refractivity contribution in [3.8, 4) is 0 Å². The summed E-state index contributed by atoms with van der Waals surface area (Å²) in [7, 11) is 0. The molecule has 1 aromatic carbocycles. The average Bonchev–Trinajstić information content (AvgIpc) is 2.62. The summed E-state index contributed by atoms with van der Waals surface area (Å²) >= 11 is 0. The molecule has 5 N–H and O–H groups in total. The molecular formula is C19H24N4O4. The molecule has 0 spiro atoms. The van der Waals surface area contributed by atoms with Crippen molar-refractivity contribution in [2.75, 3.05) is 11.4 Å². The maximum absolute atomic E-state index is 12.8. The van der Waals surface area contributed by atoms with E-state index < -0.39 is 17.9 Å². The molecule has 0 aliphatic carbocycles. The Balaban J connectivity index is 2.01. The van der Waals surface area contributed by atoms with Crippen molar-refractivity contribution in [2.24, 2.45) is 11.7 Å². The SMILES string of the molecule is C=CC(CC(=O)O)NC(=O)CC1CCCN(c2ccc(C(=N)N)cc2)C1=O. The fourth-order valence-corrected chi connectivity index (χ4v) is 3.09. The van der Waals surface area contributed by atoms with E-state index in [9.17, 15) is 14.4 Å². The molecule has 0 bridgehead atoms. The number of carboxylic acids is 1. The number of carbonyl (C=O) groups excluding carboxylic acids is 2. The number of piperidine rings is 1. The Morgan fingerprint density at radius 3 is 2.63 bits per heavy atom. The molecule has 144 valence electrons. The van der Waals surface area contributed by atoms with Gasteiger partial charge < -0.3 is 21.1 Å². The quantitative estimate of drug-likeness (QED) is 0.309. The molecule has 8 heteroatoms. The van der Waals surface area contributed by atoms with E-state index in [4.69, 9.17) is 16.2 Å². The van der Waals surface area contributed by atoms with E-state index in [-0.39, 0.29) is 30.5 Å². The third-order valence-electron chi connectivity index (χ3n) is 4.50. The lowest BCUT2D eigenvalue weighted by Crippen LogP contribution is -2.44. The Bertz CT molecular complexity index is 745. The van der Waals surface area contributed by atoms with Crippen molar-refractivity contribution < 1.29 is 19.5 Å². The van der Waals surface area contributed by atoms with Crippen LogP contribution in [0.2, 0.25) is 0 Å². The van der Waals surface area contributed by atoms with Gasteiger partial charge in [0.25, 0.3) is 0 Å². The fraction of sp³-hybridized carbons (Fsp3) is 0.368. The Morgan fingerprint density at radius 1 is 1.41 bits per heavy atom. The summed E-state index contributed by atoms with van der Waals surface area (Å²) in [6.45, 7) is 4.08. The van der Waals surface area contributed by atoms with E-state index in [1.54, 1.807) is 29.2 Å². The molecule has 2 amide bonds. The van der Waals surface area contributed by atoms with Crippen molar-refractivity contribution in [1.29, 1.82) is 5.41 Å². The number of nitrogens with two attached hydrogens (primary N) is 1. The average molecular weight is 372 g/mol. The molecule has 2 rings (SSSR count). The number of nitrogen functional groups attached to an aromatic ring is 1. The van der Waals surface area contributed by atoms with Gasteiger partial charge in [-0.3, -0.25) is 19.8 Å². The van der Waals surface area contributed by atoms with Gasteiger partial charge in [-0.15, -0.1) is 6.58 Å². The van der Waals surface area contributed by atoms with E-state index in [1.807, 2.05) is 0 Å². The number of nitrogens with zero attached hydrogens (tertiary/aromatic N) is 1. The highest BCUT2D eigenvalue weighted by Gasteiger charge is 2.31. The third kappa shape index (κ3) is 5.40. The highest BCUT2D eigenvalue weighted by molar-refractivity contribution is 5.99. The van der Waals surface area contributed by atoms with Gasteiger partial charge in [0.2, 0.25) is 11.8 Å². The molecule has 27 heavy (non-hydrogen) atoms. The largest absolute Gasteiger partial charge is 0.481 e. The van der Waals surface area contributed by atoms with Crippen LogP contribution in [0.1, 0.15) is 31.2 Å². The molecule has 1 aromatic rings. The van der Waals surface area contributed by atoms with Crippen LogP contribution >= 0.6 is 0 Å². The van der Waals surface area contributed by atoms with Crippen LogP contribution in [0.25, 0.3) is 0 Å². The molecule has 2 atom stereocenters. The number of hydrogen-bond acceptors (Lipinski definition) is 4. The molecule has 1 fully saturated rings. The van der Waals surface area contributed by atoms with Crippen molar-refractivity contribution in [2.45, 2.75) is 31.7 Å². The van der Waals surface area contributed by atoms with Gasteiger partial charge in [-0.2, -0.15) is 0 Å². The number of hydrogen-bond donors (Lipinski definition) is 4. The second-order valence-electron chi connectivity index (χ2n) is 6.50. The van der Waals surface area contributed by atoms with Gasteiger partial charge in [-0.1, -0.05) is 6.08 Å².